The highest BCUT2D eigenvalue weighted by Gasteiger charge is 2.14. The van der Waals surface area contributed by atoms with Gasteiger partial charge in [-0.3, -0.25) is 9.48 Å². The van der Waals surface area contributed by atoms with E-state index in [2.05, 4.69) is 42.3 Å². The molecule has 1 N–H and O–H groups in total. The van der Waals surface area contributed by atoms with Crippen molar-refractivity contribution in [2.45, 2.75) is 20.4 Å². The summed E-state index contributed by atoms with van der Waals surface area (Å²) >= 11 is 12.7. The van der Waals surface area contributed by atoms with Gasteiger partial charge in [0, 0.05) is 14.5 Å². The van der Waals surface area contributed by atoms with Gasteiger partial charge in [-0.05, 0) is 75.5 Å². The monoisotopic (exact) mass is 513 g/mol. The molecule has 1 amide bonds. The van der Waals surface area contributed by atoms with E-state index in [1.807, 2.05) is 30.7 Å². The van der Waals surface area contributed by atoms with Crippen molar-refractivity contribution in [2.24, 2.45) is 0 Å². The predicted molar refractivity (Wildman–Crippen MR) is 112 cm³/mol. The number of aryl methyl sites for hydroxylation is 1. The zero-order chi connectivity index (χ0) is 19.7. The van der Waals surface area contributed by atoms with E-state index in [1.165, 1.54) is 12.1 Å². The molecule has 0 fully saturated rings. The zero-order valence-electron chi connectivity index (χ0n) is 14.5. The Morgan fingerprint density at radius 3 is 2.48 bits per heavy atom. The molecule has 4 nitrogen and oxygen atoms in total. The molecule has 0 radical (unpaired) electrons. The van der Waals surface area contributed by atoms with E-state index in [0.29, 0.717) is 31.8 Å². The molecule has 0 aliphatic rings. The Labute approximate surface area is 178 Å². The van der Waals surface area contributed by atoms with Crippen LogP contribution >= 0.6 is 43.5 Å². The highest BCUT2D eigenvalue weighted by molar-refractivity contribution is 9.11. The first-order valence-corrected chi connectivity index (χ1v) is 9.97. The molecule has 0 spiro atoms. The van der Waals surface area contributed by atoms with Crippen molar-refractivity contribution in [1.29, 1.82) is 0 Å². The summed E-state index contributed by atoms with van der Waals surface area (Å²) in [5, 5.41) is 7.86. The summed E-state index contributed by atoms with van der Waals surface area (Å²) in [5.74, 6) is -0.700. The van der Waals surface area contributed by atoms with Crippen LogP contribution < -0.4 is 5.32 Å². The predicted octanol–water partition coefficient (Wildman–Crippen LogP) is 6.12. The van der Waals surface area contributed by atoms with Crippen LogP contribution in [0.25, 0.3) is 0 Å². The number of benzene rings is 2. The van der Waals surface area contributed by atoms with Gasteiger partial charge in [0.1, 0.15) is 5.82 Å². The van der Waals surface area contributed by atoms with Gasteiger partial charge in [-0.25, -0.2) is 4.39 Å². The third-order valence-corrected chi connectivity index (χ3v) is 5.86. The van der Waals surface area contributed by atoms with Crippen LogP contribution in [-0.4, -0.2) is 15.7 Å². The van der Waals surface area contributed by atoms with Crippen molar-refractivity contribution in [3.05, 3.63) is 78.7 Å². The Bertz CT molecular complexity index is 1010. The molecule has 2 aromatic carbocycles. The van der Waals surface area contributed by atoms with Gasteiger partial charge in [0.15, 0.2) is 0 Å². The molecule has 0 bridgehead atoms. The van der Waals surface area contributed by atoms with E-state index < -0.39 is 5.82 Å². The van der Waals surface area contributed by atoms with Gasteiger partial charge in [0.2, 0.25) is 0 Å². The topological polar surface area (TPSA) is 46.9 Å². The molecule has 1 heterocycles. The number of halogens is 4. The van der Waals surface area contributed by atoms with Crippen molar-refractivity contribution in [3.8, 4) is 0 Å². The molecule has 3 rings (SSSR count). The summed E-state index contributed by atoms with van der Waals surface area (Å²) in [6.45, 7) is 4.26. The van der Waals surface area contributed by atoms with Crippen molar-refractivity contribution >= 4 is 55.1 Å². The van der Waals surface area contributed by atoms with Crippen molar-refractivity contribution in [3.63, 3.8) is 0 Å². The smallest absolute Gasteiger partial charge is 0.255 e. The maximum atomic E-state index is 13.4. The highest BCUT2D eigenvalue weighted by Crippen LogP contribution is 2.32. The number of rotatable bonds is 4. The van der Waals surface area contributed by atoms with Crippen LogP contribution in [0.3, 0.4) is 0 Å². The number of anilines is 1. The van der Waals surface area contributed by atoms with Crippen LogP contribution in [0.5, 0.6) is 0 Å². The average Bonchev–Trinajstić information content (AvgIpc) is 2.85. The Kier molecular flexibility index (Phi) is 6.03. The summed E-state index contributed by atoms with van der Waals surface area (Å²) in [4.78, 5) is 12.6. The minimum Gasteiger partial charge on any atom is -0.320 e. The fourth-order valence-electron chi connectivity index (χ4n) is 2.66. The molecule has 0 saturated carbocycles. The van der Waals surface area contributed by atoms with Crippen LogP contribution in [0.1, 0.15) is 27.3 Å². The second-order valence-corrected chi connectivity index (χ2v) is 8.13. The maximum Gasteiger partial charge on any atom is 0.255 e. The minimum atomic E-state index is -0.405. The number of hydrogen-bond acceptors (Lipinski definition) is 2. The molecular formula is C19H15Br2ClFN3O. The molecule has 0 unspecified atom stereocenters. The number of amides is 1. The highest BCUT2D eigenvalue weighted by atomic mass is 79.9. The summed E-state index contributed by atoms with van der Waals surface area (Å²) in [7, 11) is 0. The molecular weight excluding hydrogens is 500 g/mol. The number of hydrogen-bond donors (Lipinski definition) is 1. The first-order chi connectivity index (χ1) is 12.8. The van der Waals surface area contributed by atoms with Crippen LogP contribution in [0.2, 0.25) is 5.02 Å². The summed E-state index contributed by atoms with van der Waals surface area (Å²) in [5.41, 5.74) is 3.53. The lowest BCUT2D eigenvalue weighted by Gasteiger charge is -2.11. The van der Waals surface area contributed by atoms with Gasteiger partial charge in [-0.2, -0.15) is 5.10 Å². The molecule has 0 aliphatic carbocycles. The van der Waals surface area contributed by atoms with Crippen LogP contribution in [-0.2, 0) is 6.54 Å². The van der Waals surface area contributed by atoms with Crippen molar-refractivity contribution in [2.75, 3.05) is 5.32 Å². The van der Waals surface area contributed by atoms with Gasteiger partial charge < -0.3 is 5.32 Å². The number of nitrogens with zero attached hydrogens (tertiary/aromatic N) is 2. The first kappa shape index (κ1) is 20.0. The number of carbonyl (C=O) groups is 1. The third-order valence-electron chi connectivity index (χ3n) is 4.06. The number of aromatic nitrogens is 2. The van der Waals surface area contributed by atoms with Gasteiger partial charge in [-0.15, -0.1) is 0 Å². The van der Waals surface area contributed by atoms with E-state index in [1.54, 1.807) is 12.1 Å². The van der Waals surface area contributed by atoms with Crippen LogP contribution in [0, 0.1) is 19.7 Å². The lowest BCUT2D eigenvalue weighted by Crippen LogP contribution is -2.14. The molecule has 1 aromatic heterocycles. The van der Waals surface area contributed by atoms with Crippen LogP contribution in [0.4, 0.5) is 10.1 Å². The minimum absolute atomic E-state index is 0.295. The van der Waals surface area contributed by atoms with E-state index in [4.69, 9.17) is 11.6 Å². The lowest BCUT2D eigenvalue weighted by molar-refractivity contribution is 0.102. The Balaban J connectivity index is 1.83. The summed E-state index contributed by atoms with van der Waals surface area (Å²) in [6, 6.07) is 9.84. The Morgan fingerprint density at radius 1 is 1.22 bits per heavy atom. The lowest BCUT2D eigenvalue weighted by atomic mass is 10.1. The fraction of sp³-hybridized carbons (Fsp3) is 0.158. The number of carbonyl (C=O) groups excluding carboxylic acids is 1. The number of nitrogens with one attached hydrogen (secondary N) is 1. The normalized spacial score (nSPS) is 10.9. The van der Waals surface area contributed by atoms with Gasteiger partial charge >= 0.3 is 0 Å². The summed E-state index contributed by atoms with van der Waals surface area (Å²) in [6.07, 6.45) is 0. The Morgan fingerprint density at radius 2 is 1.89 bits per heavy atom. The average molecular weight is 516 g/mol. The SMILES string of the molecule is Cc1nn(Cc2cccc(C(=O)Nc3c(Br)cc(F)cc3Br)c2)c(C)c1Cl. The molecule has 0 aliphatic heterocycles. The standard InChI is InChI=1S/C19H15Br2ClFN3O/c1-10-17(22)11(2)26(25-10)9-12-4-3-5-13(6-12)19(27)24-18-15(20)7-14(23)8-16(18)21/h3-8H,9H2,1-2H3,(H,24,27). The van der Waals surface area contributed by atoms with Gasteiger partial charge in [-0.1, -0.05) is 23.7 Å². The van der Waals surface area contributed by atoms with Crippen molar-refractivity contribution < 1.29 is 9.18 Å². The molecule has 8 heteroatoms. The fourth-order valence-corrected chi connectivity index (χ4v) is 4.12. The van der Waals surface area contributed by atoms with Crippen molar-refractivity contribution in [1.82, 2.24) is 9.78 Å². The Hall–Kier alpha value is -1.70. The summed E-state index contributed by atoms with van der Waals surface area (Å²) < 4.78 is 16.1. The van der Waals surface area contributed by atoms with Gasteiger partial charge in [0.05, 0.1) is 28.6 Å². The van der Waals surface area contributed by atoms with Crippen LogP contribution in [0.15, 0.2) is 45.3 Å². The third kappa shape index (κ3) is 4.42. The largest absolute Gasteiger partial charge is 0.320 e. The molecule has 140 valence electrons. The van der Waals surface area contributed by atoms with E-state index >= 15 is 0 Å². The molecule has 3 aromatic rings. The van der Waals surface area contributed by atoms with E-state index in [0.717, 1.165) is 17.0 Å². The van der Waals surface area contributed by atoms with E-state index in [9.17, 15) is 9.18 Å². The molecule has 0 saturated heterocycles. The van der Waals surface area contributed by atoms with Gasteiger partial charge in [0.25, 0.3) is 5.91 Å². The second kappa shape index (κ2) is 8.12. The quantitative estimate of drug-likeness (QED) is 0.455. The molecule has 0 atom stereocenters. The first-order valence-electron chi connectivity index (χ1n) is 8.00. The van der Waals surface area contributed by atoms with E-state index in [-0.39, 0.29) is 5.91 Å². The maximum absolute atomic E-state index is 13.4. The zero-order valence-corrected chi connectivity index (χ0v) is 18.4. The second-order valence-electron chi connectivity index (χ2n) is 6.04. The molecule has 27 heavy (non-hydrogen) atoms.